The van der Waals surface area contributed by atoms with Crippen molar-refractivity contribution in [1.82, 2.24) is 5.32 Å². The maximum atomic E-state index is 11.5. The summed E-state index contributed by atoms with van der Waals surface area (Å²) < 4.78 is 0. The highest BCUT2D eigenvalue weighted by atomic mass is 16.1. The van der Waals surface area contributed by atoms with Gasteiger partial charge in [-0.05, 0) is 36.3 Å². The van der Waals surface area contributed by atoms with Gasteiger partial charge in [-0.1, -0.05) is 42.3 Å². The summed E-state index contributed by atoms with van der Waals surface area (Å²) in [6, 6.07) is 10.1. The summed E-state index contributed by atoms with van der Waals surface area (Å²) in [6.45, 7) is 0.643. The van der Waals surface area contributed by atoms with Crippen LogP contribution in [0, 0.1) is 24.2 Å². The zero-order valence-corrected chi connectivity index (χ0v) is 10.9. The molecule has 2 nitrogen and oxygen atoms in total. The second-order valence-electron chi connectivity index (χ2n) is 3.91. The fourth-order valence-corrected chi connectivity index (χ4v) is 1.49. The first kappa shape index (κ1) is 14.6. The summed E-state index contributed by atoms with van der Waals surface area (Å²) in [7, 11) is 0. The molecule has 0 fully saturated rings. The maximum absolute atomic E-state index is 11.5. The summed E-state index contributed by atoms with van der Waals surface area (Å²) >= 11 is 0. The number of amides is 1. The van der Waals surface area contributed by atoms with Crippen LogP contribution in [0.3, 0.4) is 0 Å². The van der Waals surface area contributed by atoms with E-state index in [0.717, 1.165) is 12.8 Å². The lowest BCUT2D eigenvalue weighted by Gasteiger charge is -2.02. The predicted molar refractivity (Wildman–Crippen MR) is 78.1 cm³/mol. The zero-order chi connectivity index (χ0) is 13.8. The van der Waals surface area contributed by atoms with Crippen molar-refractivity contribution in [3.8, 4) is 24.2 Å². The molecule has 0 saturated carbocycles. The van der Waals surface area contributed by atoms with Crippen LogP contribution in [0.1, 0.15) is 18.4 Å². The van der Waals surface area contributed by atoms with Crippen molar-refractivity contribution < 1.29 is 4.79 Å². The van der Waals surface area contributed by atoms with E-state index in [1.54, 1.807) is 6.08 Å². The molecule has 0 aliphatic heterocycles. The van der Waals surface area contributed by atoms with E-state index in [0.29, 0.717) is 13.0 Å². The first-order chi connectivity index (χ1) is 9.33. The Bertz CT molecular complexity index is 512. The maximum Gasteiger partial charge on any atom is 0.243 e. The van der Waals surface area contributed by atoms with Gasteiger partial charge in [0.2, 0.25) is 5.91 Å². The van der Waals surface area contributed by atoms with Crippen molar-refractivity contribution in [2.75, 3.05) is 6.54 Å². The lowest BCUT2D eigenvalue weighted by Crippen LogP contribution is -2.23. The SMILES string of the molecule is C#CC#CCCC=CC(=O)NCCc1ccccc1. The molecule has 0 radical (unpaired) electrons. The highest BCUT2D eigenvalue weighted by molar-refractivity contribution is 5.87. The minimum atomic E-state index is -0.0687. The number of nitrogens with one attached hydrogen (secondary N) is 1. The lowest BCUT2D eigenvalue weighted by molar-refractivity contribution is -0.116. The van der Waals surface area contributed by atoms with E-state index in [9.17, 15) is 4.79 Å². The molecular weight excluding hydrogens is 234 g/mol. The minimum Gasteiger partial charge on any atom is -0.352 e. The molecule has 0 spiro atoms. The molecule has 1 N–H and O–H groups in total. The van der Waals surface area contributed by atoms with Crippen LogP contribution in [-0.4, -0.2) is 12.5 Å². The molecule has 1 amide bonds. The van der Waals surface area contributed by atoms with E-state index in [4.69, 9.17) is 6.42 Å². The average molecular weight is 251 g/mol. The Morgan fingerprint density at radius 3 is 2.84 bits per heavy atom. The average Bonchev–Trinajstić information content (AvgIpc) is 2.44. The highest BCUT2D eigenvalue weighted by Gasteiger charge is 1.95. The normalized spacial score (nSPS) is 9.42. The van der Waals surface area contributed by atoms with Crippen LogP contribution in [-0.2, 0) is 11.2 Å². The molecule has 0 atom stereocenters. The molecule has 0 saturated heterocycles. The first-order valence-electron chi connectivity index (χ1n) is 6.24. The number of carbonyl (C=O) groups excluding carboxylic acids is 1. The molecule has 0 aliphatic rings. The molecule has 1 aromatic rings. The Balaban J connectivity index is 2.14. The van der Waals surface area contributed by atoms with Gasteiger partial charge in [0.1, 0.15) is 0 Å². The Kier molecular flexibility index (Phi) is 7.36. The van der Waals surface area contributed by atoms with E-state index in [1.807, 2.05) is 36.4 Å². The molecule has 1 aromatic carbocycles. The molecule has 96 valence electrons. The van der Waals surface area contributed by atoms with Gasteiger partial charge in [-0.2, -0.15) is 0 Å². The largest absolute Gasteiger partial charge is 0.352 e. The molecule has 0 bridgehead atoms. The number of rotatable bonds is 6. The Labute approximate surface area is 114 Å². The van der Waals surface area contributed by atoms with Crippen LogP contribution >= 0.6 is 0 Å². The number of hydrogen-bond donors (Lipinski definition) is 1. The molecule has 0 unspecified atom stereocenters. The topological polar surface area (TPSA) is 29.1 Å². The van der Waals surface area contributed by atoms with Gasteiger partial charge >= 0.3 is 0 Å². The van der Waals surface area contributed by atoms with E-state index in [2.05, 4.69) is 23.1 Å². The summed E-state index contributed by atoms with van der Waals surface area (Å²) in [5.41, 5.74) is 1.22. The fourth-order valence-electron chi connectivity index (χ4n) is 1.49. The standard InChI is InChI=1S/C17H17NO/c1-2-3-4-5-6-10-13-17(19)18-15-14-16-11-8-7-9-12-16/h1,7-13H,5-6,14-15H2,(H,18,19). The Morgan fingerprint density at radius 1 is 1.32 bits per heavy atom. The van der Waals surface area contributed by atoms with Gasteiger partial charge in [-0.25, -0.2) is 0 Å². The summed E-state index contributed by atoms with van der Waals surface area (Å²) in [5.74, 6) is 7.51. The summed E-state index contributed by atoms with van der Waals surface area (Å²) in [4.78, 5) is 11.5. The third-order valence-corrected chi connectivity index (χ3v) is 2.42. The molecule has 0 heterocycles. The van der Waals surface area contributed by atoms with Gasteiger partial charge < -0.3 is 5.32 Å². The minimum absolute atomic E-state index is 0.0687. The third kappa shape index (κ3) is 7.47. The van der Waals surface area contributed by atoms with Crippen LogP contribution in [0.2, 0.25) is 0 Å². The van der Waals surface area contributed by atoms with Crippen molar-refractivity contribution >= 4 is 5.91 Å². The number of terminal acetylenes is 1. The van der Waals surface area contributed by atoms with Gasteiger partial charge in [0.15, 0.2) is 0 Å². The quantitative estimate of drug-likeness (QED) is 0.469. The predicted octanol–water partition coefficient (Wildman–Crippen LogP) is 2.32. The number of hydrogen-bond acceptors (Lipinski definition) is 1. The first-order valence-corrected chi connectivity index (χ1v) is 6.24. The van der Waals surface area contributed by atoms with Crippen molar-refractivity contribution in [3.05, 3.63) is 48.0 Å². The van der Waals surface area contributed by atoms with E-state index in [1.165, 1.54) is 5.56 Å². The molecular formula is C17H17NO. The number of benzene rings is 1. The van der Waals surface area contributed by atoms with Crippen LogP contribution in [0.15, 0.2) is 42.5 Å². The molecule has 0 aliphatic carbocycles. The smallest absolute Gasteiger partial charge is 0.243 e. The molecule has 19 heavy (non-hydrogen) atoms. The zero-order valence-electron chi connectivity index (χ0n) is 10.9. The van der Waals surface area contributed by atoms with Gasteiger partial charge in [-0.15, -0.1) is 6.42 Å². The van der Waals surface area contributed by atoms with Crippen molar-refractivity contribution in [2.45, 2.75) is 19.3 Å². The monoisotopic (exact) mass is 251 g/mol. The summed E-state index contributed by atoms with van der Waals surface area (Å²) in [6.07, 6.45) is 10.6. The second-order valence-corrected chi connectivity index (χ2v) is 3.91. The number of unbranched alkanes of at least 4 members (excludes halogenated alkanes) is 1. The van der Waals surface area contributed by atoms with Gasteiger partial charge in [-0.3, -0.25) is 4.79 Å². The molecule has 0 aromatic heterocycles. The van der Waals surface area contributed by atoms with Crippen molar-refractivity contribution in [1.29, 1.82) is 0 Å². The van der Waals surface area contributed by atoms with Gasteiger partial charge in [0.25, 0.3) is 0 Å². The Hall–Kier alpha value is -2.45. The highest BCUT2D eigenvalue weighted by Crippen LogP contribution is 1.98. The van der Waals surface area contributed by atoms with Crippen LogP contribution in [0.4, 0.5) is 0 Å². The van der Waals surface area contributed by atoms with Gasteiger partial charge in [0, 0.05) is 13.0 Å². The van der Waals surface area contributed by atoms with E-state index < -0.39 is 0 Å². The van der Waals surface area contributed by atoms with Gasteiger partial charge in [0.05, 0.1) is 0 Å². The summed E-state index contributed by atoms with van der Waals surface area (Å²) in [5, 5.41) is 2.84. The van der Waals surface area contributed by atoms with Crippen LogP contribution in [0.5, 0.6) is 0 Å². The molecule has 2 heteroatoms. The lowest BCUT2D eigenvalue weighted by atomic mass is 10.1. The van der Waals surface area contributed by atoms with Crippen LogP contribution in [0.25, 0.3) is 0 Å². The molecule has 1 rings (SSSR count). The fraction of sp³-hybridized carbons (Fsp3) is 0.235. The van der Waals surface area contributed by atoms with E-state index in [-0.39, 0.29) is 5.91 Å². The second kappa shape index (κ2) is 9.57. The Morgan fingerprint density at radius 2 is 2.11 bits per heavy atom. The van der Waals surface area contributed by atoms with Crippen molar-refractivity contribution in [3.63, 3.8) is 0 Å². The van der Waals surface area contributed by atoms with Crippen LogP contribution < -0.4 is 5.32 Å². The van der Waals surface area contributed by atoms with Crippen molar-refractivity contribution in [2.24, 2.45) is 0 Å². The number of allylic oxidation sites excluding steroid dienone is 1. The third-order valence-electron chi connectivity index (χ3n) is 2.42. The van der Waals surface area contributed by atoms with E-state index >= 15 is 0 Å². The number of carbonyl (C=O) groups is 1.